The van der Waals surface area contributed by atoms with Crippen LogP contribution in [0.3, 0.4) is 0 Å². The molecule has 1 N–H and O–H groups in total. The Hall–Kier alpha value is -2.46. The zero-order valence-electron chi connectivity index (χ0n) is 12.0. The van der Waals surface area contributed by atoms with Gasteiger partial charge in [-0.15, -0.1) is 0 Å². The lowest BCUT2D eigenvalue weighted by molar-refractivity contribution is -0.114. The van der Waals surface area contributed by atoms with E-state index in [1.54, 1.807) is 0 Å². The van der Waals surface area contributed by atoms with Crippen LogP contribution in [0.1, 0.15) is 23.1 Å². The molecule has 0 saturated carbocycles. The lowest BCUT2D eigenvalue weighted by Gasteiger charge is -2.10. The summed E-state index contributed by atoms with van der Waals surface area (Å²) in [5, 5.41) is 4.22. The summed E-state index contributed by atoms with van der Waals surface area (Å²) < 4.78 is 5.60. The highest BCUT2D eigenvalue weighted by atomic mass is 16.6. The average molecular weight is 292 g/mol. The number of ether oxygens (including phenoxy) is 1. The number of carbonyl (C=O) groups is 1. The van der Waals surface area contributed by atoms with Crippen LogP contribution >= 0.6 is 0 Å². The maximum absolute atomic E-state index is 12.7. The van der Waals surface area contributed by atoms with E-state index in [9.17, 15) is 4.79 Å². The monoisotopic (exact) mass is 292 g/mol. The molecule has 0 unspecified atom stereocenters. The van der Waals surface area contributed by atoms with E-state index in [4.69, 9.17) is 4.74 Å². The summed E-state index contributed by atoms with van der Waals surface area (Å²) in [4.78, 5) is 12.7. The molecule has 4 heteroatoms. The van der Waals surface area contributed by atoms with Gasteiger partial charge in [0, 0.05) is 6.54 Å². The van der Waals surface area contributed by atoms with Gasteiger partial charge < -0.3 is 10.2 Å². The average Bonchev–Trinajstić information content (AvgIpc) is 3.24. The smallest absolute Gasteiger partial charge is 0.211 e. The molecule has 0 radical (unpaired) electrons. The molecule has 0 spiro atoms. The summed E-state index contributed by atoms with van der Waals surface area (Å²) in [6.07, 6.45) is -0.527. The first-order valence-corrected chi connectivity index (χ1v) is 7.44. The maximum atomic E-state index is 12.7. The lowest BCUT2D eigenvalue weighted by Crippen LogP contribution is -2.25. The Labute approximate surface area is 128 Å². The first-order valence-electron chi connectivity index (χ1n) is 7.44. The van der Waals surface area contributed by atoms with Gasteiger partial charge in [0.2, 0.25) is 5.78 Å². The van der Waals surface area contributed by atoms with Gasteiger partial charge in [0.05, 0.1) is 5.92 Å². The van der Waals surface area contributed by atoms with Gasteiger partial charge in [-0.1, -0.05) is 60.7 Å². The van der Waals surface area contributed by atoms with Crippen molar-refractivity contribution in [3.05, 3.63) is 71.8 Å². The van der Waals surface area contributed by atoms with Crippen LogP contribution in [0.25, 0.3) is 0 Å². The van der Waals surface area contributed by atoms with Crippen molar-refractivity contribution in [1.82, 2.24) is 5.43 Å². The van der Waals surface area contributed by atoms with Crippen molar-refractivity contribution in [3.8, 4) is 0 Å². The fourth-order valence-electron chi connectivity index (χ4n) is 2.94. The normalized spacial score (nSPS) is 26.2. The van der Waals surface area contributed by atoms with Crippen LogP contribution in [-0.4, -0.2) is 24.1 Å². The number of nitrogens with one attached hydrogen (secondary N) is 1. The largest absolute Gasteiger partial charge is 0.356 e. The molecule has 2 aromatic carbocycles. The van der Waals surface area contributed by atoms with Crippen LogP contribution < -0.4 is 5.43 Å². The second-order valence-corrected chi connectivity index (χ2v) is 5.57. The summed E-state index contributed by atoms with van der Waals surface area (Å²) in [6.45, 7) is 0.661. The van der Waals surface area contributed by atoms with E-state index in [0.717, 1.165) is 11.1 Å². The van der Waals surface area contributed by atoms with Crippen LogP contribution in [0, 0.1) is 0 Å². The Balaban J connectivity index is 1.52. The fraction of sp³-hybridized carbons (Fsp3) is 0.222. The van der Waals surface area contributed by atoms with Crippen LogP contribution in [0.5, 0.6) is 0 Å². The number of epoxide rings is 1. The quantitative estimate of drug-likeness (QED) is 0.881. The summed E-state index contributed by atoms with van der Waals surface area (Å²) in [5.74, 6) is 0.00188. The third-order valence-electron chi connectivity index (χ3n) is 4.16. The molecule has 110 valence electrons. The summed E-state index contributed by atoms with van der Waals surface area (Å²) in [5.41, 5.74) is 5.68. The Morgan fingerprint density at radius 1 is 1.00 bits per heavy atom. The topological polar surface area (TPSA) is 54.0 Å². The highest BCUT2D eigenvalue weighted by Gasteiger charge is 2.49. The highest BCUT2D eigenvalue weighted by Crippen LogP contribution is 2.40. The number of nitrogens with zero attached hydrogens (tertiary/aromatic N) is 1. The minimum absolute atomic E-state index is 0.00675. The van der Waals surface area contributed by atoms with Gasteiger partial charge >= 0.3 is 0 Å². The molecule has 0 bridgehead atoms. The summed E-state index contributed by atoms with van der Waals surface area (Å²) in [7, 11) is 0. The molecular weight excluding hydrogens is 276 g/mol. The lowest BCUT2D eigenvalue weighted by atomic mass is 9.91. The maximum Gasteiger partial charge on any atom is 0.211 e. The molecule has 22 heavy (non-hydrogen) atoms. The van der Waals surface area contributed by atoms with Crippen molar-refractivity contribution < 1.29 is 9.53 Å². The van der Waals surface area contributed by atoms with E-state index in [0.29, 0.717) is 12.3 Å². The predicted octanol–water partition coefficient (Wildman–Crippen LogP) is 2.44. The third-order valence-corrected chi connectivity index (χ3v) is 4.16. The molecular formula is C18H16N2O2. The van der Waals surface area contributed by atoms with Crippen molar-refractivity contribution in [2.24, 2.45) is 5.10 Å². The number of carbonyl (C=O) groups excluding carboxylic acids is 1. The van der Waals surface area contributed by atoms with Crippen molar-refractivity contribution in [1.29, 1.82) is 0 Å². The first-order chi connectivity index (χ1) is 10.8. The van der Waals surface area contributed by atoms with E-state index in [2.05, 4.69) is 10.5 Å². The molecule has 4 rings (SSSR count). The van der Waals surface area contributed by atoms with Crippen molar-refractivity contribution in [3.63, 3.8) is 0 Å². The Morgan fingerprint density at radius 2 is 1.64 bits per heavy atom. The van der Waals surface area contributed by atoms with Gasteiger partial charge in [-0.2, -0.15) is 5.10 Å². The minimum Gasteiger partial charge on any atom is -0.356 e. The summed E-state index contributed by atoms with van der Waals surface area (Å²) >= 11 is 0. The fourth-order valence-corrected chi connectivity index (χ4v) is 2.94. The molecule has 4 nitrogen and oxygen atoms in total. The Kier molecular flexibility index (Phi) is 3.24. The molecule has 2 aliphatic heterocycles. The number of benzene rings is 2. The van der Waals surface area contributed by atoms with E-state index in [1.165, 1.54) is 0 Å². The molecule has 2 heterocycles. The number of ketones is 1. The van der Waals surface area contributed by atoms with Crippen molar-refractivity contribution >= 4 is 11.5 Å². The number of rotatable bonds is 4. The number of hydrogen-bond donors (Lipinski definition) is 1. The molecule has 1 saturated heterocycles. The van der Waals surface area contributed by atoms with E-state index < -0.39 is 6.10 Å². The summed E-state index contributed by atoms with van der Waals surface area (Å²) in [6, 6.07) is 19.8. The Morgan fingerprint density at radius 3 is 2.32 bits per heavy atom. The third kappa shape index (κ3) is 2.31. The number of Topliss-reactive ketones (excluding diaryl/α,β-unsaturated/α-hetero) is 1. The van der Waals surface area contributed by atoms with Crippen molar-refractivity contribution in [2.45, 2.75) is 18.1 Å². The van der Waals surface area contributed by atoms with E-state index in [1.807, 2.05) is 60.7 Å². The van der Waals surface area contributed by atoms with E-state index in [-0.39, 0.29) is 17.8 Å². The Bertz CT molecular complexity index is 712. The van der Waals surface area contributed by atoms with Gasteiger partial charge in [0.1, 0.15) is 11.8 Å². The van der Waals surface area contributed by atoms with Gasteiger partial charge in [0.25, 0.3) is 0 Å². The first kappa shape index (κ1) is 13.2. The number of hydrogen-bond acceptors (Lipinski definition) is 4. The van der Waals surface area contributed by atoms with Crippen LogP contribution in [0.2, 0.25) is 0 Å². The van der Waals surface area contributed by atoms with Crippen LogP contribution in [0.15, 0.2) is 65.8 Å². The molecule has 0 aromatic heterocycles. The zero-order chi connectivity index (χ0) is 14.9. The second-order valence-electron chi connectivity index (χ2n) is 5.57. The zero-order valence-corrected chi connectivity index (χ0v) is 12.0. The number of hydrazone groups is 1. The predicted molar refractivity (Wildman–Crippen MR) is 83.7 cm³/mol. The SMILES string of the molecule is O=C(C1=NNC[C@@H]1c1ccccc1)[C@H]1O[C@@H]1c1ccccc1. The van der Waals surface area contributed by atoms with Crippen LogP contribution in [-0.2, 0) is 9.53 Å². The van der Waals surface area contributed by atoms with Gasteiger partial charge in [-0.3, -0.25) is 4.79 Å². The molecule has 1 fully saturated rings. The second kappa shape index (κ2) is 5.39. The van der Waals surface area contributed by atoms with Crippen molar-refractivity contribution in [2.75, 3.05) is 6.54 Å². The standard InChI is InChI=1S/C18H16N2O2/c21-16(18-17(22-18)13-9-5-2-6-10-13)15-14(11-19-20-15)12-7-3-1-4-8-12/h1-10,14,17-19H,11H2/t14-,17-,18-/m1/s1. The van der Waals surface area contributed by atoms with Gasteiger partial charge in [-0.05, 0) is 11.1 Å². The van der Waals surface area contributed by atoms with E-state index >= 15 is 0 Å². The molecule has 2 aliphatic rings. The molecule has 2 aromatic rings. The van der Waals surface area contributed by atoms with Crippen LogP contribution in [0.4, 0.5) is 0 Å². The molecule has 0 aliphatic carbocycles. The highest BCUT2D eigenvalue weighted by molar-refractivity contribution is 6.44. The minimum atomic E-state index is -0.396. The van der Waals surface area contributed by atoms with Gasteiger partial charge in [-0.25, -0.2) is 0 Å². The molecule has 0 amide bonds. The molecule has 3 atom stereocenters. The van der Waals surface area contributed by atoms with Gasteiger partial charge in [0.15, 0.2) is 6.10 Å².